The summed E-state index contributed by atoms with van der Waals surface area (Å²) in [5, 5.41) is 7.73. The third-order valence-electron chi connectivity index (χ3n) is 4.63. The molecule has 7 nitrogen and oxygen atoms in total. The first kappa shape index (κ1) is 17.7. The van der Waals surface area contributed by atoms with E-state index in [1.807, 2.05) is 0 Å². The molecule has 142 valence electrons. The first-order chi connectivity index (χ1) is 12.9. The van der Waals surface area contributed by atoms with Gasteiger partial charge in [-0.15, -0.1) is 10.2 Å². The van der Waals surface area contributed by atoms with Crippen LogP contribution in [0.15, 0.2) is 44.3 Å². The lowest BCUT2D eigenvalue weighted by Crippen LogP contribution is -2.13. The highest BCUT2D eigenvalue weighted by Gasteiger charge is 2.25. The summed E-state index contributed by atoms with van der Waals surface area (Å²) in [5.74, 6) is 0.709. The quantitative estimate of drug-likeness (QED) is 0.699. The summed E-state index contributed by atoms with van der Waals surface area (Å²) in [6.07, 6.45) is 4.31. The van der Waals surface area contributed by atoms with Gasteiger partial charge in [-0.3, -0.25) is 4.72 Å². The fraction of sp³-hybridized carbons (Fsp3) is 0.333. The van der Waals surface area contributed by atoms with E-state index in [0.29, 0.717) is 11.5 Å². The molecule has 0 atom stereocenters. The number of hydrogen-bond acceptors (Lipinski definition) is 6. The molecule has 1 aromatic carbocycles. The lowest BCUT2D eigenvalue weighted by atomic mass is 10.1. The number of furan rings is 1. The predicted octanol–water partition coefficient (Wildman–Crippen LogP) is 4.24. The summed E-state index contributed by atoms with van der Waals surface area (Å²) >= 11 is 0. The van der Waals surface area contributed by atoms with Crippen molar-refractivity contribution in [2.24, 2.45) is 0 Å². The van der Waals surface area contributed by atoms with Crippen molar-refractivity contribution in [2.75, 3.05) is 4.72 Å². The summed E-state index contributed by atoms with van der Waals surface area (Å²) < 4.78 is 51.7. The average molecular weight is 391 g/mol. The van der Waals surface area contributed by atoms with Gasteiger partial charge in [0.1, 0.15) is 5.82 Å². The van der Waals surface area contributed by atoms with Gasteiger partial charge in [-0.2, -0.15) is 8.42 Å². The van der Waals surface area contributed by atoms with Gasteiger partial charge in [0, 0.05) is 5.92 Å². The van der Waals surface area contributed by atoms with Crippen LogP contribution in [0.2, 0.25) is 0 Å². The molecule has 1 N–H and O–H groups in total. The van der Waals surface area contributed by atoms with Crippen LogP contribution in [0.1, 0.15) is 43.1 Å². The van der Waals surface area contributed by atoms with Crippen LogP contribution in [0.25, 0.3) is 11.7 Å². The topological polar surface area (TPSA) is 98.2 Å². The van der Waals surface area contributed by atoms with Crippen molar-refractivity contribution >= 4 is 15.7 Å². The van der Waals surface area contributed by atoms with Crippen molar-refractivity contribution in [1.82, 2.24) is 10.2 Å². The van der Waals surface area contributed by atoms with Crippen molar-refractivity contribution in [3.8, 4) is 11.7 Å². The van der Waals surface area contributed by atoms with Gasteiger partial charge in [0.05, 0.1) is 5.69 Å². The smallest absolute Gasteiger partial charge is 0.295 e. The highest BCUT2D eigenvalue weighted by Crippen LogP contribution is 2.35. The van der Waals surface area contributed by atoms with E-state index in [9.17, 15) is 12.8 Å². The molecule has 2 aromatic heterocycles. The molecule has 0 aliphatic heterocycles. The second kappa shape index (κ2) is 6.80. The van der Waals surface area contributed by atoms with Gasteiger partial charge in [0.15, 0.2) is 5.76 Å². The minimum Gasteiger partial charge on any atom is -0.438 e. The van der Waals surface area contributed by atoms with E-state index in [2.05, 4.69) is 14.9 Å². The number of halogens is 1. The molecule has 2 heterocycles. The van der Waals surface area contributed by atoms with Crippen molar-refractivity contribution in [2.45, 2.75) is 43.6 Å². The maximum Gasteiger partial charge on any atom is 0.295 e. The van der Waals surface area contributed by atoms with Crippen LogP contribution in [0.5, 0.6) is 0 Å². The van der Waals surface area contributed by atoms with E-state index in [1.165, 1.54) is 30.3 Å². The number of benzene rings is 1. The summed E-state index contributed by atoms with van der Waals surface area (Å²) in [6, 6.07) is 6.57. The van der Waals surface area contributed by atoms with Crippen LogP contribution in [0.4, 0.5) is 10.1 Å². The first-order valence-corrected chi connectivity index (χ1v) is 10.1. The van der Waals surface area contributed by atoms with Crippen molar-refractivity contribution in [1.29, 1.82) is 0 Å². The lowest BCUT2D eigenvalue weighted by Gasteiger charge is -2.08. The second-order valence-electron chi connectivity index (χ2n) is 6.61. The van der Waals surface area contributed by atoms with E-state index in [1.54, 1.807) is 6.92 Å². The molecule has 1 saturated carbocycles. The SMILES string of the molecule is Cc1cc(F)ccc1NS(=O)(=O)c1ccc(-c2nnc(C3CCCC3)o2)o1. The van der Waals surface area contributed by atoms with Crippen molar-refractivity contribution in [3.63, 3.8) is 0 Å². The number of rotatable bonds is 5. The van der Waals surface area contributed by atoms with Gasteiger partial charge < -0.3 is 8.83 Å². The van der Waals surface area contributed by atoms with Crippen LogP contribution in [-0.4, -0.2) is 18.6 Å². The van der Waals surface area contributed by atoms with E-state index in [0.717, 1.165) is 25.7 Å². The van der Waals surface area contributed by atoms with Crippen LogP contribution < -0.4 is 4.72 Å². The van der Waals surface area contributed by atoms with Gasteiger partial charge in [-0.1, -0.05) is 12.8 Å². The molecule has 1 aliphatic carbocycles. The molecule has 0 bridgehead atoms. The third kappa shape index (κ3) is 3.59. The Kier molecular flexibility index (Phi) is 4.47. The fourth-order valence-electron chi connectivity index (χ4n) is 3.19. The number of aryl methyl sites for hydroxylation is 1. The van der Waals surface area contributed by atoms with E-state index in [4.69, 9.17) is 8.83 Å². The lowest BCUT2D eigenvalue weighted by molar-refractivity contribution is 0.421. The van der Waals surface area contributed by atoms with Gasteiger partial charge >= 0.3 is 0 Å². The highest BCUT2D eigenvalue weighted by molar-refractivity contribution is 7.92. The van der Waals surface area contributed by atoms with E-state index in [-0.39, 0.29) is 28.3 Å². The van der Waals surface area contributed by atoms with Crippen LogP contribution in [0, 0.1) is 12.7 Å². The van der Waals surface area contributed by atoms with Crippen molar-refractivity contribution in [3.05, 3.63) is 47.6 Å². The molecule has 0 spiro atoms. The number of nitrogens with zero attached hydrogens (tertiary/aromatic N) is 2. The Bertz CT molecular complexity index is 1070. The van der Waals surface area contributed by atoms with Crippen LogP contribution >= 0.6 is 0 Å². The number of anilines is 1. The Hall–Kier alpha value is -2.68. The summed E-state index contributed by atoms with van der Waals surface area (Å²) in [6.45, 7) is 1.61. The molecule has 0 amide bonds. The molecule has 9 heteroatoms. The second-order valence-corrected chi connectivity index (χ2v) is 8.22. The molecule has 3 aromatic rings. The Morgan fingerprint density at radius 3 is 2.63 bits per heavy atom. The highest BCUT2D eigenvalue weighted by atomic mass is 32.2. The largest absolute Gasteiger partial charge is 0.438 e. The zero-order valence-electron chi connectivity index (χ0n) is 14.6. The van der Waals surface area contributed by atoms with E-state index < -0.39 is 15.8 Å². The van der Waals surface area contributed by atoms with E-state index >= 15 is 0 Å². The first-order valence-electron chi connectivity index (χ1n) is 8.65. The summed E-state index contributed by atoms with van der Waals surface area (Å²) in [4.78, 5) is 0. The Morgan fingerprint density at radius 1 is 1.11 bits per heavy atom. The molecular weight excluding hydrogens is 373 g/mol. The summed E-state index contributed by atoms with van der Waals surface area (Å²) in [5.41, 5.74) is 0.735. The number of nitrogens with one attached hydrogen (secondary N) is 1. The maximum absolute atomic E-state index is 13.2. The molecule has 0 saturated heterocycles. The van der Waals surface area contributed by atoms with Gasteiger partial charge in [-0.25, -0.2) is 4.39 Å². The Labute approximate surface area is 155 Å². The van der Waals surface area contributed by atoms with Gasteiger partial charge in [-0.05, 0) is 55.7 Å². The summed E-state index contributed by atoms with van der Waals surface area (Å²) in [7, 11) is -3.97. The normalized spacial score (nSPS) is 15.3. The Balaban J connectivity index is 1.56. The standard InChI is InChI=1S/C18H18FN3O4S/c1-11-10-13(19)6-7-14(11)22-27(23,24)16-9-8-15(25-16)18-21-20-17(26-18)12-4-2-3-5-12/h6-10,12,22H,2-5H2,1H3. The van der Waals surface area contributed by atoms with Gasteiger partial charge in [0.2, 0.25) is 11.0 Å². The van der Waals surface area contributed by atoms with Gasteiger partial charge in [0.25, 0.3) is 15.9 Å². The van der Waals surface area contributed by atoms with Crippen LogP contribution in [-0.2, 0) is 10.0 Å². The molecule has 4 rings (SSSR count). The van der Waals surface area contributed by atoms with Crippen molar-refractivity contribution < 1.29 is 21.6 Å². The molecular formula is C18H18FN3O4S. The fourth-order valence-corrected chi connectivity index (χ4v) is 4.25. The minimum atomic E-state index is -3.97. The molecule has 0 unspecified atom stereocenters. The minimum absolute atomic E-state index is 0.149. The third-order valence-corrected chi connectivity index (χ3v) is 5.87. The Morgan fingerprint density at radius 2 is 1.89 bits per heavy atom. The zero-order chi connectivity index (χ0) is 19.0. The average Bonchev–Trinajstić information content (AvgIpc) is 3.37. The monoisotopic (exact) mass is 391 g/mol. The van der Waals surface area contributed by atoms with Crippen LogP contribution in [0.3, 0.4) is 0 Å². The maximum atomic E-state index is 13.2. The zero-order valence-corrected chi connectivity index (χ0v) is 15.4. The molecule has 1 aliphatic rings. The number of sulfonamides is 1. The number of aromatic nitrogens is 2. The number of hydrogen-bond donors (Lipinski definition) is 1. The molecule has 1 fully saturated rings. The predicted molar refractivity (Wildman–Crippen MR) is 95.2 cm³/mol. The molecule has 0 radical (unpaired) electrons. The molecule has 27 heavy (non-hydrogen) atoms.